The molecule has 0 aromatic heterocycles. The van der Waals surface area contributed by atoms with E-state index in [0.717, 1.165) is 23.0 Å². The zero-order valence-electron chi connectivity index (χ0n) is 28.7. The van der Waals surface area contributed by atoms with E-state index >= 15 is 4.79 Å². The minimum absolute atomic E-state index is 0.00536. The molecule has 3 aliphatic heterocycles. The van der Waals surface area contributed by atoms with Gasteiger partial charge in [-0.2, -0.15) is 0 Å². The molecule has 0 saturated carbocycles. The smallest absolute Gasteiger partial charge is 0.410 e. The highest BCUT2D eigenvalue weighted by Gasteiger charge is 2.63. The quantitative estimate of drug-likeness (QED) is 0.297. The van der Waals surface area contributed by atoms with Gasteiger partial charge in [0.1, 0.15) is 22.1 Å². The number of rotatable bonds is 10. The molecule has 0 N–H and O–H groups in total. The van der Waals surface area contributed by atoms with E-state index in [4.69, 9.17) is 35.3 Å². The van der Waals surface area contributed by atoms with Crippen LogP contribution in [0.2, 0.25) is 5.02 Å². The number of likely N-dealkylation sites (tertiary alicyclic amines) is 1. The van der Waals surface area contributed by atoms with Crippen LogP contribution < -0.4 is 18.5 Å². The Bertz CT molecular complexity index is 1890. The molecule has 268 valence electrons. The van der Waals surface area contributed by atoms with Crippen molar-refractivity contribution < 1.29 is 41.7 Å². The Balaban J connectivity index is 1.62. The summed E-state index contributed by atoms with van der Waals surface area (Å²) >= 11 is 6.68. The lowest BCUT2D eigenvalue weighted by atomic mass is 9.80. The highest BCUT2D eigenvalue weighted by atomic mass is 35.5. The number of sulfonamides is 1. The molecule has 1 unspecified atom stereocenters. The molecule has 3 aromatic carbocycles. The van der Waals surface area contributed by atoms with Crippen LogP contribution >= 0.6 is 11.6 Å². The Labute approximate surface area is 297 Å². The van der Waals surface area contributed by atoms with E-state index in [2.05, 4.69) is 4.90 Å². The van der Waals surface area contributed by atoms with Crippen LogP contribution in [-0.4, -0.2) is 110 Å². The number of methoxy groups -OCH3 is 3. The number of morpholine rings is 1. The Morgan fingerprint density at radius 1 is 0.940 bits per heavy atom. The largest absolute Gasteiger partial charge is 0.497 e. The molecule has 15 heteroatoms. The lowest BCUT2D eigenvalue weighted by Gasteiger charge is -2.42. The zero-order valence-corrected chi connectivity index (χ0v) is 30.3. The fourth-order valence-electron chi connectivity index (χ4n) is 6.98. The number of benzene rings is 3. The van der Waals surface area contributed by atoms with Gasteiger partial charge in [0.15, 0.2) is 11.8 Å². The average Bonchev–Trinajstić information content (AvgIpc) is 3.67. The van der Waals surface area contributed by atoms with Crippen LogP contribution in [0.4, 0.5) is 10.5 Å². The molecule has 13 nitrogen and oxygen atoms in total. The molecule has 3 heterocycles. The van der Waals surface area contributed by atoms with Crippen molar-refractivity contribution in [2.75, 3.05) is 72.6 Å². The van der Waals surface area contributed by atoms with Crippen molar-refractivity contribution in [1.82, 2.24) is 14.7 Å². The fraction of sp³-hybridized carbons (Fsp3) is 0.429. The van der Waals surface area contributed by atoms with Gasteiger partial charge in [-0.25, -0.2) is 22.4 Å². The Hall–Kier alpha value is -4.08. The maximum Gasteiger partial charge on any atom is 0.410 e. The predicted molar refractivity (Wildman–Crippen MR) is 185 cm³/mol. The number of anilines is 1. The maximum absolute atomic E-state index is 15.6. The van der Waals surface area contributed by atoms with Gasteiger partial charge in [0.05, 0.1) is 40.2 Å². The standard InChI is InChI=1S/C35H41ClN4O9S/c1-37(2)34(42)49-32-7-6-14-39(32)35(27-19-23(8-12-29(27)46-4)22-38-15-17-48-18-16-38)26-20-24(36)9-11-28(26)40(33(35)41)50(43,44)31-13-10-25(45-3)21-30(31)47-5/h8-13,19-21,32H,6-7,14-18,22H2,1-5H3/t32-,35?/m0/s1. The van der Waals surface area contributed by atoms with Gasteiger partial charge >= 0.3 is 6.09 Å². The van der Waals surface area contributed by atoms with Gasteiger partial charge in [0, 0.05) is 62.5 Å². The molecule has 0 aliphatic carbocycles. The van der Waals surface area contributed by atoms with Crippen molar-refractivity contribution in [3.05, 3.63) is 76.3 Å². The number of hydrogen-bond acceptors (Lipinski definition) is 11. The second-order valence-corrected chi connectivity index (χ2v) is 14.6. The number of ether oxygens (including phenoxy) is 5. The zero-order chi connectivity index (χ0) is 35.8. The molecule has 2 saturated heterocycles. The third kappa shape index (κ3) is 6.13. The van der Waals surface area contributed by atoms with Crippen molar-refractivity contribution >= 4 is 39.3 Å². The van der Waals surface area contributed by atoms with Crippen molar-refractivity contribution in [3.8, 4) is 17.2 Å². The first-order chi connectivity index (χ1) is 24.0. The molecule has 2 fully saturated rings. The van der Waals surface area contributed by atoms with Crippen LogP contribution in [0.15, 0.2) is 59.5 Å². The lowest BCUT2D eigenvalue weighted by Crippen LogP contribution is -2.57. The normalized spacial score (nSPS) is 21.2. The summed E-state index contributed by atoms with van der Waals surface area (Å²) in [5.41, 5.74) is -0.181. The van der Waals surface area contributed by atoms with E-state index in [1.54, 1.807) is 31.1 Å². The van der Waals surface area contributed by atoms with E-state index < -0.39 is 33.8 Å². The highest BCUT2D eigenvalue weighted by molar-refractivity contribution is 7.93. The molecule has 50 heavy (non-hydrogen) atoms. The van der Waals surface area contributed by atoms with Gasteiger partial charge in [-0.15, -0.1) is 0 Å². The molecular formula is C35H41ClN4O9S. The third-order valence-electron chi connectivity index (χ3n) is 9.34. The summed E-state index contributed by atoms with van der Waals surface area (Å²) in [7, 11) is 2.80. The van der Waals surface area contributed by atoms with E-state index in [-0.39, 0.29) is 21.4 Å². The van der Waals surface area contributed by atoms with Gasteiger partial charge in [-0.05, 0) is 60.9 Å². The number of nitrogens with zero attached hydrogens (tertiary/aromatic N) is 4. The minimum Gasteiger partial charge on any atom is -0.497 e. The van der Waals surface area contributed by atoms with Gasteiger partial charge in [0.2, 0.25) is 0 Å². The first-order valence-corrected chi connectivity index (χ1v) is 18.0. The summed E-state index contributed by atoms with van der Waals surface area (Å²) < 4.78 is 58.7. The summed E-state index contributed by atoms with van der Waals surface area (Å²) in [5, 5.41) is 0.284. The van der Waals surface area contributed by atoms with Crippen LogP contribution in [0.5, 0.6) is 17.2 Å². The Morgan fingerprint density at radius 2 is 1.68 bits per heavy atom. The maximum atomic E-state index is 15.6. The van der Waals surface area contributed by atoms with Crippen molar-refractivity contribution in [2.45, 2.75) is 36.0 Å². The second kappa shape index (κ2) is 14.3. The second-order valence-electron chi connectivity index (χ2n) is 12.5. The lowest BCUT2D eigenvalue weighted by molar-refractivity contribution is -0.132. The van der Waals surface area contributed by atoms with Crippen LogP contribution in [-0.2, 0) is 36.4 Å². The van der Waals surface area contributed by atoms with Crippen LogP contribution in [0.1, 0.15) is 29.5 Å². The first kappa shape index (κ1) is 35.7. The van der Waals surface area contributed by atoms with Gasteiger partial charge in [0.25, 0.3) is 15.9 Å². The molecule has 2 amide bonds. The topological polar surface area (TPSA) is 127 Å². The summed E-state index contributed by atoms with van der Waals surface area (Å²) in [6.07, 6.45) is -0.537. The number of carbonyl (C=O) groups excluding carboxylic acids is 2. The van der Waals surface area contributed by atoms with Crippen molar-refractivity contribution in [2.24, 2.45) is 0 Å². The summed E-state index contributed by atoms with van der Waals surface area (Å²) in [6.45, 7) is 3.51. The summed E-state index contributed by atoms with van der Waals surface area (Å²) in [6, 6.07) is 14.5. The van der Waals surface area contributed by atoms with Crippen LogP contribution in [0, 0.1) is 0 Å². The molecular weight excluding hydrogens is 688 g/mol. The molecule has 0 radical (unpaired) electrons. The molecule has 0 bridgehead atoms. The Morgan fingerprint density at radius 3 is 2.36 bits per heavy atom. The SMILES string of the molecule is COc1ccc(S(=O)(=O)N2C(=O)C(c3cc(CN4CCOCC4)ccc3OC)(N3CCC[C@@H]3OC(=O)N(C)C)c3cc(Cl)ccc32)c(OC)c1. The molecule has 0 spiro atoms. The molecule has 6 rings (SSSR count). The van der Waals surface area contributed by atoms with Gasteiger partial charge < -0.3 is 28.6 Å². The van der Waals surface area contributed by atoms with E-state index in [9.17, 15) is 13.2 Å². The number of fused-ring (bicyclic) bond motifs is 1. The number of hydrogen-bond donors (Lipinski definition) is 0. The van der Waals surface area contributed by atoms with Gasteiger partial charge in [-0.3, -0.25) is 9.69 Å². The van der Waals surface area contributed by atoms with E-state index in [1.807, 2.05) is 12.1 Å². The monoisotopic (exact) mass is 728 g/mol. The predicted octanol–water partition coefficient (Wildman–Crippen LogP) is 4.30. The third-order valence-corrected chi connectivity index (χ3v) is 11.3. The number of halogens is 1. The summed E-state index contributed by atoms with van der Waals surface area (Å²) in [4.78, 5) is 33.7. The fourth-order valence-corrected chi connectivity index (χ4v) is 8.76. The molecule has 3 aromatic rings. The van der Waals surface area contributed by atoms with Crippen LogP contribution in [0.3, 0.4) is 0 Å². The molecule has 2 atom stereocenters. The number of amides is 2. The average molecular weight is 729 g/mol. The number of carbonyl (C=O) groups is 2. The Kier molecular flexibility index (Phi) is 10.2. The van der Waals surface area contributed by atoms with Crippen molar-refractivity contribution in [1.29, 1.82) is 0 Å². The first-order valence-electron chi connectivity index (χ1n) is 16.2. The highest BCUT2D eigenvalue weighted by Crippen LogP contribution is 2.55. The van der Waals surface area contributed by atoms with Crippen LogP contribution in [0.25, 0.3) is 0 Å². The summed E-state index contributed by atoms with van der Waals surface area (Å²) in [5.74, 6) is -0.0862. The van der Waals surface area contributed by atoms with E-state index in [0.29, 0.717) is 61.8 Å². The molecule has 3 aliphatic rings. The van der Waals surface area contributed by atoms with Gasteiger partial charge in [-0.1, -0.05) is 17.7 Å². The minimum atomic E-state index is -4.64. The van der Waals surface area contributed by atoms with Crippen molar-refractivity contribution in [3.63, 3.8) is 0 Å². The van der Waals surface area contributed by atoms with E-state index in [1.165, 1.54) is 56.6 Å².